The first-order valence-electron chi connectivity index (χ1n) is 6.26. The van der Waals surface area contributed by atoms with Crippen LogP contribution in [0.25, 0.3) is 0 Å². The zero-order valence-electron chi connectivity index (χ0n) is 11.5. The van der Waals surface area contributed by atoms with E-state index in [0.29, 0.717) is 12.0 Å². The minimum Gasteiger partial charge on any atom is -0.348 e. The van der Waals surface area contributed by atoms with Crippen LogP contribution >= 0.6 is 12.4 Å². The number of carbonyl (C=O) groups is 1. The topological polar surface area (TPSA) is 98.3 Å². The van der Waals surface area contributed by atoms with Crippen molar-refractivity contribution in [2.24, 2.45) is 5.73 Å². The molecule has 0 spiro atoms. The smallest absolute Gasteiger partial charge is 0.269 e. The Morgan fingerprint density at radius 1 is 1.50 bits per heavy atom. The van der Waals surface area contributed by atoms with Crippen LogP contribution in [0.4, 0.5) is 5.69 Å². The molecule has 7 heteroatoms. The third kappa shape index (κ3) is 5.14. The maximum absolute atomic E-state index is 11.8. The van der Waals surface area contributed by atoms with Crippen LogP contribution in [-0.2, 0) is 4.79 Å². The molecule has 0 heterocycles. The number of rotatable bonds is 6. The van der Waals surface area contributed by atoms with Crippen LogP contribution < -0.4 is 11.1 Å². The van der Waals surface area contributed by atoms with Gasteiger partial charge in [-0.1, -0.05) is 25.5 Å². The molecule has 0 fully saturated rings. The van der Waals surface area contributed by atoms with Crippen molar-refractivity contribution in [3.8, 4) is 0 Å². The van der Waals surface area contributed by atoms with Gasteiger partial charge >= 0.3 is 0 Å². The second-order valence-electron chi connectivity index (χ2n) is 4.48. The Hall–Kier alpha value is -1.66. The van der Waals surface area contributed by atoms with Crippen LogP contribution in [-0.4, -0.2) is 16.9 Å². The van der Waals surface area contributed by atoms with Crippen molar-refractivity contribution in [2.45, 2.75) is 38.8 Å². The summed E-state index contributed by atoms with van der Waals surface area (Å²) < 4.78 is 0. The number of nitro groups is 1. The zero-order chi connectivity index (χ0) is 14.4. The summed E-state index contributed by atoms with van der Waals surface area (Å²) in [6, 6.07) is 5.36. The highest BCUT2D eigenvalue weighted by Gasteiger charge is 2.17. The van der Waals surface area contributed by atoms with E-state index >= 15 is 0 Å². The second-order valence-corrected chi connectivity index (χ2v) is 4.48. The maximum atomic E-state index is 11.8. The summed E-state index contributed by atoms with van der Waals surface area (Å²) in [6.07, 6.45) is 1.45. The summed E-state index contributed by atoms with van der Waals surface area (Å²) in [7, 11) is 0. The third-order valence-corrected chi connectivity index (χ3v) is 2.88. The first-order valence-corrected chi connectivity index (χ1v) is 6.26. The number of hydrogen-bond donors (Lipinski definition) is 2. The van der Waals surface area contributed by atoms with E-state index in [9.17, 15) is 14.9 Å². The molecule has 3 N–H and O–H groups in total. The Kier molecular flexibility index (Phi) is 7.79. The Labute approximate surface area is 124 Å². The van der Waals surface area contributed by atoms with Gasteiger partial charge in [-0.2, -0.15) is 0 Å². The van der Waals surface area contributed by atoms with Crippen molar-refractivity contribution in [1.29, 1.82) is 0 Å². The third-order valence-electron chi connectivity index (χ3n) is 2.88. The molecule has 1 rings (SSSR count). The molecule has 0 aliphatic heterocycles. The van der Waals surface area contributed by atoms with E-state index < -0.39 is 11.0 Å². The van der Waals surface area contributed by atoms with Gasteiger partial charge in [-0.3, -0.25) is 14.9 Å². The van der Waals surface area contributed by atoms with Crippen molar-refractivity contribution < 1.29 is 9.72 Å². The SMILES string of the molecule is CCCC(N)C(=O)NC(C)c1cccc([N+](=O)[O-])c1.Cl. The van der Waals surface area contributed by atoms with Gasteiger partial charge in [0.2, 0.25) is 5.91 Å². The largest absolute Gasteiger partial charge is 0.348 e. The lowest BCUT2D eigenvalue weighted by Gasteiger charge is -2.17. The summed E-state index contributed by atoms with van der Waals surface area (Å²) in [5, 5.41) is 13.4. The molecule has 0 aliphatic rings. The molecule has 0 aromatic heterocycles. The van der Waals surface area contributed by atoms with Gasteiger partial charge in [-0.05, 0) is 18.9 Å². The van der Waals surface area contributed by atoms with Gasteiger partial charge in [0.15, 0.2) is 0 Å². The van der Waals surface area contributed by atoms with Gasteiger partial charge in [0, 0.05) is 12.1 Å². The number of nitro benzene ring substituents is 1. The van der Waals surface area contributed by atoms with E-state index in [2.05, 4.69) is 5.32 Å². The van der Waals surface area contributed by atoms with Crippen LogP contribution in [0.5, 0.6) is 0 Å². The number of nitrogens with one attached hydrogen (secondary N) is 1. The number of carbonyl (C=O) groups excluding carboxylic acids is 1. The van der Waals surface area contributed by atoms with E-state index in [0.717, 1.165) is 6.42 Å². The lowest BCUT2D eigenvalue weighted by molar-refractivity contribution is -0.384. The van der Waals surface area contributed by atoms with Gasteiger partial charge < -0.3 is 11.1 Å². The van der Waals surface area contributed by atoms with Gasteiger partial charge in [0.1, 0.15) is 0 Å². The molecule has 1 aromatic rings. The fourth-order valence-electron chi connectivity index (χ4n) is 1.75. The molecule has 0 bridgehead atoms. The number of hydrogen-bond acceptors (Lipinski definition) is 4. The van der Waals surface area contributed by atoms with Gasteiger partial charge in [-0.15, -0.1) is 12.4 Å². The molecule has 0 saturated heterocycles. The second kappa shape index (κ2) is 8.50. The molecule has 6 nitrogen and oxygen atoms in total. The van der Waals surface area contributed by atoms with E-state index in [4.69, 9.17) is 5.73 Å². The molecule has 2 atom stereocenters. The van der Waals surface area contributed by atoms with Crippen LogP contribution in [0.15, 0.2) is 24.3 Å². The molecule has 1 aromatic carbocycles. The molecule has 0 aliphatic carbocycles. The normalized spacial score (nSPS) is 12.9. The minimum absolute atomic E-state index is 0. The summed E-state index contributed by atoms with van der Waals surface area (Å²) >= 11 is 0. The molecule has 0 radical (unpaired) electrons. The van der Waals surface area contributed by atoms with Crippen molar-refractivity contribution >= 4 is 24.0 Å². The minimum atomic E-state index is -0.536. The number of amides is 1. The molecular weight excluding hydrogens is 282 g/mol. The fourth-order valence-corrected chi connectivity index (χ4v) is 1.75. The first-order chi connectivity index (χ1) is 8.95. The predicted octanol–water partition coefficient (Wildman–Crippen LogP) is 2.32. The molecule has 0 saturated carbocycles. The van der Waals surface area contributed by atoms with Crippen LogP contribution in [0.1, 0.15) is 38.3 Å². The van der Waals surface area contributed by atoms with E-state index in [1.54, 1.807) is 19.1 Å². The van der Waals surface area contributed by atoms with Gasteiger partial charge in [0.05, 0.1) is 17.0 Å². The predicted molar refractivity (Wildman–Crippen MR) is 79.8 cm³/mol. The standard InChI is InChI=1S/C13H19N3O3.ClH/c1-3-5-12(14)13(17)15-9(2)10-6-4-7-11(8-10)16(18)19;/h4,6-9,12H,3,5,14H2,1-2H3,(H,15,17);1H. The summed E-state index contributed by atoms with van der Waals surface area (Å²) in [5.41, 5.74) is 6.41. The highest BCUT2D eigenvalue weighted by atomic mass is 35.5. The van der Waals surface area contributed by atoms with E-state index in [1.165, 1.54) is 12.1 Å². The van der Waals surface area contributed by atoms with Gasteiger partial charge in [0.25, 0.3) is 5.69 Å². The highest BCUT2D eigenvalue weighted by Crippen LogP contribution is 2.19. The molecule has 20 heavy (non-hydrogen) atoms. The van der Waals surface area contributed by atoms with Crippen LogP contribution in [0, 0.1) is 10.1 Å². The van der Waals surface area contributed by atoms with E-state index in [1.807, 2.05) is 6.92 Å². The average molecular weight is 302 g/mol. The number of benzene rings is 1. The summed E-state index contributed by atoms with van der Waals surface area (Å²) in [5.74, 6) is -0.235. The van der Waals surface area contributed by atoms with Crippen molar-refractivity contribution in [2.75, 3.05) is 0 Å². The fraction of sp³-hybridized carbons (Fsp3) is 0.462. The Bertz CT molecular complexity index is 468. The summed E-state index contributed by atoms with van der Waals surface area (Å²) in [4.78, 5) is 22.0. The van der Waals surface area contributed by atoms with Crippen LogP contribution in [0.2, 0.25) is 0 Å². The van der Waals surface area contributed by atoms with Crippen LogP contribution in [0.3, 0.4) is 0 Å². The monoisotopic (exact) mass is 301 g/mol. The number of nitrogens with zero attached hydrogens (tertiary/aromatic N) is 1. The maximum Gasteiger partial charge on any atom is 0.269 e. The Balaban J connectivity index is 0.00000361. The quantitative estimate of drug-likeness (QED) is 0.622. The molecule has 112 valence electrons. The zero-order valence-corrected chi connectivity index (χ0v) is 12.4. The van der Waals surface area contributed by atoms with Crippen molar-refractivity contribution in [3.05, 3.63) is 39.9 Å². The summed E-state index contributed by atoms with van der Waals surface area (Å²) in [6.45, 7) is 3.73. The van der Waals surface area contributed by atoms with Crippen molar-refractivity contribution in [1.82, 2.24) is 5.32 Å². The van der Waals surface area contributed by atoms with Gasteiger partial charge in [-0.25, -0.2) is 0 Å². The number of non-ortho nitro benzene ring substituents is 1. The Morgan fingerprint density at radius 3 is 2.70 bits per heavy atom. The number of nitrogens with two attached hydrogens (primary N) is 1. The lowest BCUT2D eigenvalue weighted by atomic mass is 10.1. The van der Waals surface area contributed by atoms with E-state index in [-0.39, 0.29) is 30.0 Å². The number of halogens is 1. The van der Waals surface area contributed by atoms with Crippen molar-refractivity contribution in [3.63, 3.8) is 0 Å². The molecule has 1 amide bonds. The first kappa shape index (κ1) is 18.3. The highest BCUT2D eigenvalue weighted by molar-refractivity contribution is 5.85. The molecular formula is C13H20ClN3O3. The lowest BCUT2D eigenvalue weighted by Crippen LogP contribution is -2.41. The average Bonchev–Trinajstić information content (AvgIpc) is 2.39. The Morgan fingerprint density at radius 2 is 2.15 bits per heavy atom. The molecule has 2 unspecified atom stereocenters.